The second-order valence-electron chi connectivity index (χ2n) is 5.92. The molecule has 0 saturated carbocycles. The van der Waals surface area contributed by atoms with E-state index in [0.29, 0.717) is 0 Å². The molecular weight excluding hydrogens is 465 g/mol. The van der Waals surface area contributed by atoms with Crippen LogP contribution in [-0.2, 0) is 19.4 Å². The molecule has 0 aliphatic rings. The maximum Gasteiger partial charge on any atom is 0.432 e. The van der Waals surface area contributed by atoms with Gasteiger partial charge in [0.2, 0.25) is 5.82 Å². The van der Waals surface area contributed by atoms with Gasteiger partial charge in [0, 0.05) is 11.8 Å². The number of alkyl halides is 3. The zero-order chi connectivity index (χ0) is 23.4. The summed E-state index contributed by atoms with van der Waals surface area (Å²) in [5.74, 6) is -1.56. The number of carbonyl (C=O) groups excluding carboxylic acids is 1. The molecule has 2 aromatic rings. The minimum absolute atomic E-state index is 0.0271. The first-order valence-electron chi connectivity index (χ1n) is 8.42. The first kappa shape index (κ1) is 24.3. The Morgan fingerprint density at radius 1 is 1.35 bits per heavy atom. The lowest BCUT2D eigenvalue weighted by molar-refractivity contribution is -0.141. The highest BCUT2D eigenvalue weighted by atomic mass is 35.5. The Labute approximate surface area is 179 Å². The van der Waals surface area contributed by atoms with Crippen LogP contribution in [0.4, 0.5) is 13.2 Å². The van der Waals surface area contributed by atoms with Crippen LogP contribution in [0.1, 0.15) is 12.8 Å². The van der Waals surface area contributed by atoms with Gasteiger partial charge >= 0.3 is 12.1 Å². The number of hydrogen-bond acceptors (Lipinski definition) is 9. The molecule has 1 aromatic heterocycles. The van der Waals surface area contributed by atoms with E-state index in [-0.39, 0.29) is 22.9 Å². The van der Waals surface area contributed by atoms with Crippen LogP contribution in [-0.4, -0.2) is 55.8 Å². The van der Waals surface area contributed by atoms with Crippen LogP contribution in [0.15, 0.2) is 49.4 Å². The fourth-order valence-electron chi connectivity index (χ4n) is 2.14. The normalized spacial score (nSPS) is 13.7. The van der Waals surface area contributed by atoms with Gasteiger partial charge in [-0.15, -0.1) is 0 Å². The number of benzene rings is 1. The highest BCUT2D eigenvalue weighted by Gasteiger charge is 2.36. The lowest BCUT2D eigenvalue weighted by Crippen LogP contribution is -2.24. The molecular formula is C17H16ClF3N4O5S. The number of aromatic nitrogens is 2. The highest BCUT2D eigenvalue weighted by molar-refractivity contribution is 7.90. The number of esters is 1. The van der Waals surface area contributed by atoms with E-state index in [1.54, 1.807) is 0 Å². The molecule has 2 rings (SSSR count). The molecule has 0 amide bonds. The summed E-state index contributed by atoms with van der Waals surface area (Å²) in [7, 11) is -3.54. The van der Waals surface area contributed by atoms with Crippen molar-refractivity contribution >= 4 is 33.1 Å². The third-order valence-corrected chi connectivity index (χ3v) is 5.06. The monoisotopic (exact) mass is 480 g/mol. The number of nitrogens with zero attached hydrogens (tertiary/aromatic N) is 3. The summed E-state index contributed by atoms with van der Waals surface area (Å²) in [4.78, 5) is 19.1. The van der Waals surface area contributed by atoms with Gasteiger partial charge in [-0.3, -0.25) is 9.79 Å². The molecule has 0 spiro atoms. The van der Waals surface area contributed by atoms with Crippen molar-refractivity contribution < 1.29 is 35.6 Å². The predicted octanol–water partition coefficient (Wildman–Crippen LogP) is 2.46. The summed E-state index contributed by atoms with van der Waals surface area (Å²) in [6, 6.07) is 5.48. The van der Waals surface area contributed by atoms with Crippen LogP contribution in [0.3, 0.4) is 0 Å². The third kappa shape index (κ3) is 6.28. The van der Waals surface area contributed by atoms with E-state index in [0.717, 1.165) is 6.26 Å². The molecule has 31 heavy (non-hydrogen) atoms. The lowest BCUT2D eigenvalue weighted by Gasteiger charge is -2.09. The van der Waals surface area contributed by atoms with Crippen molar-refractivity contribution in [2.75, 3.05) is 19.4 Å². The smallest absolute Gasteiger partial charge is 0.432 e. The van der Waals surface area contributed by atoms with Crippen molar-refractivity contribution in [1.29, 1.82) is 0 Å². The number of ether oxygens (including phenoxy) is 1. The number of rotatable bonds is 7. The molecule has 0 radical (unpaired) electrons. The van der Waals surface area contributed by atoms with Gasteiger partial charge < -0.3 is 15.0 Å². The fourth-order valence-corrected chi connectivity index (χ4v) is 3.05. The first-order valence-corrected chi connectivity index (χ1v) is 10.7. The minimum atomic E-state index is -4.99. The standard InChI is InChI=1S/C17H16ClF3N4O5S/c1-3-29-11(26)8-23-13(12(18)14(22)17(19,20)21)16-24-15(25-30-16)9-5-4-6-10(7-9)31(2,27)28/h4-7H,3,8,22H2,1-2H3. The van der Waals surface area contributed by atoms with E-state index in [2.05, 4.69) is 19.9 Å². The summed E-state index contributed by atoms with van der Waals surface area (Å²) < 4.78 is 72.0. The number of nitrogens with two attached hydrogens (primary N) is 1. The quantitative estimate of drug-likeness (QED) is 0.471. The van der Waals surface area contributed by atoms with Crippen molar-refractivity contribution in [2.45, 2.75) is 18.0 Å². The Kier molecular flexibility index (Phi) is 7.44. The van der Waals surface area contributed by atoms with Crippen LogP contribution in [0, 0.1) is 0 Å². The lowest BCUT2D eigenvalue weighted by atomic mass is 10.2. The van der Waals surface area contributed by atoms with Crippen LogP contribution in [0.5, 0.6) is 0 Å². The van der Waals surface area contributed by atoms with Gasteiger partial charge in [-0.2, -0.15) is 18.2 Å². The van der Waals surface area contributed by atoms with E-state index in [4.69, 9.17) is 21.9 Å². The molecule has 0 unspecified atom stereocenters. The van der Waals surface area contributed by atoms with Gasteiger partial charge in [0.1, 0.15) is 18.0 Å². The highest BCUT2D eigenvalue weighted by Crippen LogP contribution is 2.28. The maximum atomic E-state index is 13.0. The predicted molar refractivity (Wildman–Crippen MR) is 104 cm³/mol. The zero-order valence-electron chi connectivity index (χ0n) is 16.1. The van der Waals surface area contributed by atoms with Crippen molar-refractivity contribution in [3.8, 4) is 11.4 Å². The number of halogens is 4. The van der Waals surface area contributed by atoms with Gasteiger partial charge in [-0.1, -0.05) is 28.9 Å². The average molecular weight is 481 g/mol. The van der Waals surface area contributed by atoms with E-state index in [1.807, 2.05) is 0 Å². The van der Waals surface area contributed by atoms with Gasteiger partial charge in [0.15, 0.2) is 9.84 Å². The Bertz CT molecular complexity index is 1140. The molecule has 0 fully saturated rings. The summed E-state index contributed by atoms with van der Waals surface area (Å²) in [5.41, 5.74) is 2.89. The number of sulfone groups is 1. The van der Waals surface area contributed by atoms with E-state index < -0.39 is 50.9 Å². The molecule has 0 bridgehead atoms. The second kappa shape index (κ2) is 9.47. The van der Waals surface area contributed by atoms with Crippen molar-refractivity contribution in [2.24, 2.45) is 10.7 Å². The van der Waals surface area contributed by atoms with Crippen LogP contribution >= 0.6 is 11.6 Å². The molecule has 1 heterocycles. The molecule has 2 N–H and O–H groups in total. The maximum absolute atomic E-state index is 13.0. The van der Waals surface area contributed by atoms with E-state index in [1.165, 1.54) is 31.2 Å². The Hall–Kier alpha value is -2.93. The number of aliphatic imine (C=N–C) groups is 1. The number of carbonyl (C=O) groups is 1. The Balaban J connectivity index is 2.53. The molecule has 1 aromatic carbocycles. The molecule has 0 saturated heterocycles. The number of allylic oxidation sites excluding steroid dienone is 2. The molecule has 168 valence electrons. The Morgan fingerprint density at radius 3 is 2.61 bits per heavy atom. The van der Waals surface area contributed by atoms with Gasteiger partial charge in [0.25, 0.3) is 5.89 Å². The Morgan fingerprint density at radius 2 is 2.03 bits per heavy atom. The summed E-state index contributed by atoms with van der Waals surface area (Å²) in [6.45, 7) is 0.872. The third-order valence-electron chi connectivity index (χ3n) is 3.57. The second-order valence-corrected chi connectivity index (χ2v) is 8.31. The molecule has 0 atom stereocenters. The van der Waals surface area contributed by atoms with Gasteiger partial charge in [-0.25, -0.2) is 8.42 Å². The molecule has 14 heteroatoms. The number of hydrogen-bond donors (Lipinski definition) is 1. The van der Waals surface area contributed by atoms with Gasteiger partial charge in [-0.05, 0) is 19.1 Å². The first-order chi connectivity index (χ1) is 14.3. The van der Waals surface area contributed by atoms with E-state index in [9.17, 15) is 26.4 Å². The summed E-state index contributed by atoms with van der Waals surface area (Å²) >= 11 is 5.76. The summed E-state index contributed by atoms with van der Waals surface area (Å²) in [5, 5.41) is 2.56. The topological polar surface area (TPSA) is 138 Å². The fraction of sp³-hybridized carbons (Fsp3) is 0.294. The van der Waals surface area contributed by atoms with Gasteiger partial charge in [0.05, 0.1) is 16.5 Å². The van der Waals surface area contributed by atoms with Crippen molar-refractivity contribution in [3.05, 3.63) is 40.9 Å². The van der Waals surface area contributed by atoms with Crippen LogP contribution in [0.2, 0.25) is 0 Å². The molecule has 0 aliphatic carbocycles. The molecule has 9 nitrogen and oxygen atoms in total. The van der Waals surface area contributed by atoms with Crippen molar-refractivity contribution in [1.82, 2.24) is 10.1 Å². The molecule has 0 aliphatic heterocycles. The largest absolute Gasteiger partial charge is 0.465 e. The summed E-state index contributed by atoms with van der Waals surface area (Å²) in [6.07, 6.45) is -3.99. The zero-order valence-corrected chi connectivity index (χ0v) is 17.7. The average Bonchev–Trinajstić information content (AvgIpc) is 3.16. The van der Waals surface area contributed by atoms with Crippen molar-refractivity contribution in [3.63, 3.8) is 0 Å². The van der Waals surface area contributed by atoms with Crippen LogP contribution in [0.25, 0.3) is 11.4 Å². The SMILES string of the molecule is CCOC(=O)CN=C(C(Cl)=C(N)C(F)(F)F)c1nc(-c2cccc(S(C)(=O)=O)c2)no1. The van der Waals surface area contributed by atoms with E-state index >= 15 is 0 Å². The van der Waals surface area contributed by atoms with Crippen LogP contribution < -0.4 is 5.73 Å². The minimum Gasteiger partial charge on any atom is -0.465 e.